The number of hydrogen-bond donors (Lipinski definition) is 2. The summed E-state index contributed by atoms with van der Waals surface area (Å²) < 4.78 is 25.2. The molecule has 2 aromatic rings. The van der Waals surface area contributed by atoms with Crippen LogP contribution in [-0.2, 0) is 4.74 Å². The molecule has 0 saturated carbocycles. The van der Waals surface area contributed by atoms with Crippen LogP contribution < -0.4 is 14.5 Å². The van der Waals surface area contributed by atoms with Crippen LogP contribution in [0.5, 0.6) is 5.75 Å². The van der Waals surface area contributed by atoms with Crippen LogP contribution in [0.2, 0.25) is 0 Å². The molecule has 5 nitrogen and oxygen atoms in total. The quantitative estimate of drug-likeness (QED) is 0.567. The van der Waals surface area contributed by atoms with Crippen LogP contribution in [0.15, 0.2) is 53.0 Å². The highest BCUT2D eigenvalue weighted by Crippen LogP contribution is 2.16. The lowest BCUT2D eigenvalue weighted by atomic mass is 10.2. The van der Waals surface area contributed by atoms with Crippen molar-refractivity contribution in [3.63, 3.8) is 0 Å². The Balaban J connectivity index is 1.27. The minimum Gasteiger partial charge on any atom is -0.491 e. The van der Waals surface area contributed by atoms with Crippen LogP contribution in [0.1, 0.15) is 0 Å². The summed E-state index contributed by atoms with van der Waals surface area (Å²) in [6.45, 7) is 5.57. The summed E-state index contributed by atoms with van der Waals surface area (Å²) in [7, 11) is 0. The standard InChI is InChI=1S/C21H26BrFN2O3/c22-17-1-7-21(8-2-17)28-14-13-27-16-20(26)15-24-9-11-25(12-10-24)19-5-3-18(23)4-6-19/h1-8,20,26H,9-16H2/p+1/t20-/m0/s1. The van der Waals surface area contributed by atoms with Gasteiger partial charge in [-0.05, 0) is 48.5 Å². The highest BCUT2D eigenvalue weighted by Gasteiger charge is 2.22. The maximum absolute atomic E-state index is 13.0. The predicted molar refractivity (Wildman–Crippen MR) is 111 cm³/mol. The number of quaternary nitrogens is 1. The molecule has 2 N–H and O–H groups in total. The summed E-state index contributed by atoms with van der Waals surface area (Å²) in [6, 6.07) is 14.3. The molecule has 0 aliphatic carbocycles. The first-order valence-electron chi connectivity index (χ1n) is 9.58. The molecule has 0 aromatic heterocycles. The second kappa shape index (κ2) is 10.8. The maximum Gasteiger partial charge on any atom is 0.126 e. The van der Waals surface area contributed by atoms with Crippen LogP contribution in [0, 0.1) is 5.82 Å². The van der Waals surface area contributed by atoms with E-state index in [4.69, 9.17) is 9.47 Å². The Labute approximate surface area is 173 Å². The van der Waals surface area contributed by atoms with Gasteiger partial charge >= 0.3 is 0 Å². The van der Waals surface area contributed by atoms with E-state index in [0.717, 1.165) is 42.1 Å². The molecule has 1 fully saturated rings. The average Bonchev–Trinajstić information content (AvgIpc) is 2.70. The highest BCUT2D eigenvalue weighted by atomic mass is 79.9. The second-order valence-electron chi connectivity index (χ2n) is 6.95. The minimum atomic E-state index is -0.486. The maximum atomic E-state index is 13.0. The number of piperazine rings is 1. The number of aliphatic hydroxyl groups excluding tert-OH is 1. The van der Waals surface area contributed by atoms with Crippen LogP contribution in [-0.4, -0.2) is 63.8 Å². The number of nitrogens with zero attached hydrogens (tertiary/aromatic N) is 1. The van der Waals surface area contributed by atoms with Crippen molar-refractivity contribution in [2.24, 2.45) is 0 Å². The van der Waals surface area contributed by atoms with Crippen molar-refractivity contribution < 1.29 is 23.9 Å². The second-order valence-corrected chi connectivity index (χ2v) is 7.86. The van der Waals surface area contributed by atoms with E-state index in [9.17, 15) is 9.50 Å². The molecule has 0 bridgehead atoms. The third-order valence-corrected chi connectivity index (χ3v) is 5.34. The lowest BCUT2D eigenvalue weighted by Gasteiger charge is -2.34. The van der Waals surface area contributed by atoms with Crippen molar-refractivity contribution in [3.05, 3.63) is 58.8 Å². The van der Waals surface area contributed by atoms with Crippen LogP contribution >= 0.6 is 15.9 Å². The Hall–Kier alpha value is -1.67. The zero-order valence-corrected chi connectivity index (χ0v) is 17.4. The van der Waals surface area contributed by atoms with Gasteiger partial charge in [0.25, 0.3) is 0 Å². The summed E-state index contributed by atoms with van der Waals surface area (Å²) in [5.74, 6) is 0.592. The molecule has 1 atom stereocenters. The number of ether oxygens (including phenoxy) is 2. The predicted octanol–water partition coefficient (Wildman–Crippen LogP) is 1.75. The number of nitrogens with one attached hydrogen (secondary N) is 1. The molecule has 28 heavy (non-hydrogen) atoms. The minimum absolute atomic E-state index is 0.210. The fourth-order valence-electron chi connectivity index (χ4n) is 3.30. The van der Waals surface area contributed by atoms with Crippen molar-refractivity contribution >= 4 is 21.6 Å². The zero-order valence-electron chi connectivity index (χ0n) is 15.8. The van der Waals surface area contributed by atoms with Crippen LogP contribution in [0.3, 0.4) is 0 Å². The van der Waals surface area contributed by atoms with Crippen molar-refractivity contribution in [3.8, 4) is 5.75 Å². The van der Waals surface area contributed by atoms with E-state index in [1.807, 2.05) is 36.4 Å². The fraction of sp³-hybridized carbons (Fsp3) is 0.429. The van der Waals surface area contributed by atoms with E-state index < -0.39 is 6.10 Å². The molecule has 0 amide bonds. The number of halogens is 2. The van der Waals surface area contributed by atoms with E-state index in [1.165, 1.54) is 17.0 Å². The summed E-state index contributed by atoms with van der Waals surface area (Å²) in [4.78, 5) is 3.62. The molecular weight excluding hydrogens is 427 g/mol. The molecule has 7 heteroatoms. The van der Waals surface area contributed by atoms with Gasteiger partial charge in [-0.3, -0.25) is 0 Å². The van der Waals surface area contributed by atoms with E-state index >= 15 is 0 Å². The summed E-state index contributed by atoms with van der Waals surface area (Å²) in [5, 5.41) is 10.2. The molecule has 0 spiro atoms. The molecular formula is C21H27BrFN2O3+. The van der Waals surface area contributed by atoms with Gasteiger partial charge in [-0.15, -0.1) is 0 Å². The number of hydrogen-bond acceptors (Lipinski definition) is 4. The van der Waals surface area contributed by atoms with Crippen molar-refractivity contribution in [2.75, 3.05) is 57.4 Å². The van der Waals surface area contributed by atoms with Crippen molar-refractivity contribution in [1.29, 1.82) is 0 Å². The molecule has 1 aliphatic heterocycles. The van der Waals surface area contributed by atoms with Gasteiger partial charge in [0.2, 0.25) is 0 Å². The Morgan fingerprint density at radius 2 is 1.71 bits per heavy atom. The number of aliphatic hydroxyl groups is 1. The van der Waals surface area contributed by atoms with E-state index in [2.05, 4.69) is 20.8 Å². The van der Waals surface area contributed by atoms with Gasteiger partial charge in [0.05, 0.1) is 39.4 Å². The normalized spacial score (nSPS) is 16.2. The van der Waals surface area contributed by atoms with E-state index in [-0.39, 0.29) is 5.82 Å². The van der Waals surface area contributed by atoms with Gasteiger partial charge in [-0.1, -0.05) is 15.9 Å². The van der Waals surface area contributed by atoms with Gasteiger partial charge in [-0.2, -0.15) is 0 Å². The first-order chi connectivity index (χ1) is 13.6. The first-order valence-corrected chi connectivity index (χ1v) is 10.4. The smallest absolute Gasteiger partial charge is 0.126 e. The topological polar surface area (TPSA) is 46.4 Å². The molecule has 0 radical (unpaired) electrons. The third kappa shape index (κ3) is 6.74. The summed E-state index contributed by atoms with van der Waals surface area (Å²) >= 11 is 3.39. The largest absolute Gasteiger partial charge is 0.491 e. The van der Waals surface area contributed by atoms with E-state index in [1.54, 1.807) is 0 Å². The van der Waals surface area contributed by atoms with Gasteiger partial charge in [0, 0.05) is 10.2 Å². The SMILES string of the molecule is O[C@H](COCCOc1ccc(Br)cc1)C[NH+]1CCN(c2ccc(F)cc2)CC1. The number of rotatable bonds is 9. The fourth-order valence-corrected chi connectivity index (χ4v) is 3.56. The van der Waals surface area contributed by atoms with Gasteiger partial charge in [0.15, 0.2) is 0 Å². The van der Waals surface area contributed by atoms with Crippen molar-refractivity contribution in [2.45, 2.75) is 6.10 Å². The summed E-state index contributed by atoms with van der Waals surface area (Å²) in [5.41, 5.74) is 1.05. The Morgan fingerprint density at radius 3 is 2.39 bits per heavy atom. The monoisotopic (exact) mass is 453 g/mol. The van der Waals surface area contributed by atoms with E-state index in [0.29, 0.717) is 26.4 Å². The lowest BCUT2D eigenvalue weighted by molar-refractivity contribution is -0.903. The molecule has 1 aliphatic rings. The molecule has 152 valence electrons. The van der Waals surface area contributed by atoms with Crippen LogP contribution in [0.4, 0.5) is 10.1 Å². The average molecular weight is 454 g/mol. The molecule has 2 aromatic carbocycles. The van der Waals surface area contributed by atoms with Crippen LogP contribution in [0.25, 0.3) is 0 Å². The van der Waals surface area contributed by atoms with Gasteiger partial charge < -0.3 is 24.4 Å². The van der Waals surface area contributed by atoms with Gasteiger partial charge in [-0.25, -0.2) is 4.39 Å². The molecule has 3 rings (SSSR count). The Kier molecular flexibility index (Phi) is 8.09. The Bertz CT molecular complexity index is 707. The molecule has 1 heterocycles. The molecule has 0 unspecified atom stereocenters. The number of anilines is 1. The first kappa shape index (κ1) is 21.0. The third-order valence-electron chi connectivity index (χ3n) is 4.81. The Morgan fingerprint density at radius 1 is 1.04 bits per heavy atom. The number of benzene rings is 2. The highest BCUT2D eigenvalue weighted by molar-refractivity contribution is 9.10. The lowest BCUT2D eigenvalue weighted by Crippen LogP contribution is -3.16. The summed E-state index contributed by atoms with van der Waals surface area (Å²) in [6.07, 6.45) is -0.486. The van der Waals surface area contributed by atoms with Gasteiger partial charge in [0.1, 0.15) is 30.8 Å². The zero-order chi connectivity index (χ0) is 19.8. The van der Waals surface area contributed by atoms with Crippen molar-refractivity contribution in [1.82, 2.24) is 0 Å². The molecule has 1 saturated heterocycles.